The summed E-state index contributed by atoms with van der Waals surface area (Å²) in [5, 5.41) is 0.823. The molecule has 0 saturated heterocycles. The summed E-state index contributed by atoms with van der Waals surface area (Å²) in [5.74, 6) is 0. The van der Waals surface area contributed by atoms with Gasteiger partial charge in [-0.15, -0.1) is 0 Å². The number of hydrogen-bond acceptors (Lipinski definition) is 4. The van der Waals surface area contributed by atoms with Crippen LogP contribution in [-0.2, 0) is 0 Å². The SMILES string of the molecule is O=c1nc2c(oc3ncccc32)c(Cl)[nH]1. The van der Waals surface area contributed by atoms with Crippen molar-refractivity contribution in [2.45, 2.75) is 0 Å². The molecule has 0 fully saturated rings. The largest absolute Gasteiger partial charge is 0.433 e. The van der Waals surface area contributed by atoms with Crippen LogP contribution in [0, 0.1) is 0 Å². The predicted molar refractivity (Wildman–Crippen MR) is 54.9 cm³/mol. The first kappa shape index (κ1) is 8.43. The van der Waals surface area contributed by atoms with Gasteiger partial charge in [0.15, 0.2) is 10.7 Å². The lowest BCUT2D eigenvalue weighted by Crippen LogP contribution is -2.08. The summed E-state index contributed by atoms with van der Waals surface area (Å²) in [6.45, 7) is 0. The minimum Gasteiger partial charge on any atom is -0.433 e. The van der Waals surface area contributed by atoms with Crippen molar-refractivity contribution in [1.82, 2.24) is 15.0 Å². The molecule has 74 valence electrons. The lowest BCUT2D eigenvalue weighted by Gasteiger charge is -1.89. The number of halogens is 1. The Morgan fingerprint density at radius 2 is 2.33 bits per heavy atom. The molecule has 0 amide bonds. The fraction of sp³-hybridized carbons (Fsp3) is 0. The Morgan fingerprint density at radius 1 is 1.47 bits per heavy atom. The van der Waals surface area contributed by atoms with Crippen molar-refractivity contribution < 1.29 is 4.42 Å². The molecule has 3 aromatic heterocycles. The summed E-state index contributed by atoms with van der Waals surface area (Å²) in [4.78, 5) is 21.3. The van der Waals surface area contributed by atoms with Gasteiger partial charge in [-0.2, -0.15) is 4.98 Å². The van der Waals surface area contributed by atoms with Gasteiger partial charge in [0, 0.05) is 6.20 Å². The van der Waals surface area contributed by atoms with Crippen molar-refractivity contribution in [3.63, 3.8) is 0 Å². The van der Waals surface area contributed by atoms with Crippen LogP contribution >= 0.6 is 11.6 Å². The quantitative estimate of drug-likeness (QED) is 0.587. The average Bonchev–Trinajstić information content (AvgIpc) is 2.57. The third-order valence-corrected chi connectivity index (χ3v) is 2.34. The van der Waals surface area contributed by atoms with Crippen LogP contribution < -0.4 is 5.69 Å². The third-order valence-electron chi connectivity index (χ3n) is 2.07. The van der Waals surface area contributed by atoms with E-state index in [4.69, 9.17) is 16.0 Å². The van der Waals surface area contributed by atoms with E-state index in [0.717, 1.165) is 0 Å². The van der Waals surface area contributed by atoms with Gasteiger partial charge in [0.2, 0.25) is 5.71 Å². The van der Waals surface area contributed by atoms with Crippen molar-refractivity contribution in [2.24, 2.45) is 0 Å². The van der Waals surface area contributed by atoms with Crippen molar-refractivity contribution in [2.75, 3.05) is 0 Å². The van der Waals surface area contributed by atoms with E-state index in [1.165, 1.54) is 0 Å². The number of aromatic amines is 1. The van der Waals surface area contributed by atoms with Gasteiger partial charge in [0.05, 0.1) is 5.39 Å². The molecule has 3 aromatic rings. The number of H-pyrrole nitrogens is 1. The Bertz CT molecular complexity index is 716. The molecule has 15 heavy (non-hydrogen) atoms. The van der Waals surface area contributed by atoms with Crippen molar-refractivity contribution in [1.29, 1.82) is 0 Å². The van der Waals surface area contributed by atoms with Gasteiger partial charge in [-0.1, -0.05) is 11.6 Å². The first-order valence-electron chi connectivity index (χ1n) is 4.19. The van der Waals surface area contributed by atoms with Crippen LogP contribution in [0.1, 0.15) is 0 Å². The lowest BCUT2D eigenvalue weighted by molar-refractivity contribution is 0.651. The molecule has 0 unspecified atom stereocenters. The standard InChI is InChI=1S/C9H4ClN3O2/c10-7-6-5(12-9(14)13-7)4-2-1-3-11-8(4)15-6/h1-3H,(H,12,13,14). The maximum atomic E-state index is 11.1. The Hall–Kier alpha value is -1.88. The molecular weight excluding hydrogens is 218 g/mol. The van der Waals surface area contributed by atoms with Crippen LogP contribution in [-0.4, -0.2) is 15.0 Å². The van der Waals surface area contributed by atoms with Crippen molar-refractivity contribution >= 4 is 33.8 Å². The fourth-order valence-corrected chi connectivity index (χ4v) is 1.67. The van der Waals surface area contributed by atoms with Gasteiger partial charge in [0.25, 0.3) is 0 Å². The summed E-state index contributed by atoms with van der Waals surface area (Å²) < 4.78 is 5.36. The summed E-state index contributed by atoms with van der Waals surface area (Å²) in [6.07, 6.45) is 1.60. The number of pyridine rings is 1. The molecule has 0 spiro atoms. The van der Waals surface area contributed by atoms with E-state index >= 15 is 0 Å². The maximum Gasteiger partial charge on any atom is 0.346 e. The predicted octanol–water partition coefficient (Wildman–Crippen LogP) is 1.72. The molecule has 0 aliphatic rings. The minimum atomic E-state index is -0.501. The highest BCUT2D eigenvalue weighted by Gasteiger charge is 2.12. The second-order valence-electron chi connectivity index (χ2n) is 2.99. The smallest absolute Gasteiger partial charge is 0.346 e. The highest BCUT2D eigenvalue weighted by atomic mass is 35.5. The normalized spacial score (nSPS) is 11.3. The Balaban J connectivity index is 2.66. The van der Waals surface area contributed by atoms with Gasteiger partial charge in [0.1, 0.15) is 5.52 Å². The number of rotatable bonds is 0. The fourth-order valence-electron chi connectivity index (χ4n) is 1.46. The molecule has 0 aromatic carbocycles. The van der Waals surface area contributed by atoms with E-state index in [-0.39, 0.29) is 5.15 Å². The summed E-state index contributed by atoms with van der Waals surface area (Å²) >= 11 is 5.82. The molecule has 0 saturated carbocycles. The summed E-state index contributed by atoms with van der Waals surface area (Å²) in [7, 11) is 0. The van der Waals surface area contributed by atoms with E-state index < -0.39 is 5.69 Å². The summed E-state index contributed by atoms with van der Waals surface area (Å²) in [6, 6.07) is 3.52. The van der Waals surface area contributed by atoms with Crippen LogP contribution in [0.3, 0.4) is 0 Å². The number of aromatic nitrogens is 3. The van der Waals surface area contributed by atoms with Gasteiger partial charge in [-0.25, -0.2) is 9.78 Å². The average molecular weight is 222 g/mol. The third kappa shape index (κ3) is 1.13. The summed E-state index contributed by atoms with van der Waals surface area (Å²) in [5.41, 5.74) is 0.705. The number of nitrogens with one attached hydrogen (secondary N) is 1. The van der Waals surface area contributed by atoms with Gasteiger partial charge in [-0.3, -0.25) is 4.98 Å². The first-order chi connectivity index (χ1) is 7.25. The molecular formula is C9H4ClN3O2. The molecule has 5 nitrogen and oxygen atoms in total. The second kappa shape index (κ2) is 2.80. The molecule has 0 aliphatic carbocycles. The molecule has 0 bridgehead atoms. The molecule has 0 atom stereocenters. The van der Waals surface area contributed by atoms with Crippen LogP contribution in [0.2, 0.25) is 5.15 Å². The zero-order valence-electron chi connectivity index (χ0n) is 7.32. The number of nitrogens with zero attached hydrogens (tertiary/aromatic N) is 2. The van der Waals surface area contributed by atoms with Gasteiger partial charge < -0.3 is 4.42 Å². The van der Waals surface area contributed by atoms with Crippen LogP contribution in [0.5, 0.6) is 0 Å². The highest BCUT2D eigenvalue weighted by Crippen LogP contribution is 2.27. The minimum absolute atomic E-state index is 0.142. The molecule has 3 heterocycles. The molecule has 3 rings (SSSR count). The molecule has 0 aliphatic heterocycles. The number of fused-ring (bicyclic) bond motifs is 3. The monoisotopic (exact) mass is 221 g/mol. The number of hydrogen-bond donors (Lipinski definition) is 1. The Kier molecular flexibility index (Phi) is 1.58. The zero-order valence-corrected chi connectivity index (χ0v) is 8.08. The molecule has 0 radical (unpaired) electrons. The van der Waals surface area contributed by atoms with Crippen LogP contribution in [0.4, 0.5) is 0 Å². The van der Waals surface area contributed by atoms with Crippen molar-refractivity contribution in [3.8, 4) is 0 Å². The van der Waals surface area contributed by atoms with E-state index in [0.29, 0.717) is 22.2 Å². The van der Waals surface area contributed by atoms with Crippen molar-refractivity contribution in [3.05, 3.63) is 34.0 Å². The topological polar surface area (TPSA) is 71.8 Å². The maximum absolute atomic E-state index is 11.1. The molecule has 1 N–H and O–H groups in total. The zero-order chi connectivity index (χ0) is 10.4. The van der Waals surface area contributed by atoms with Gasteiger partial charge in [-0.05, 0) is 12.1 Å². The molecule has 6 heteroatoms. The Labute approximate surface area is 87.7 Å². The Morgan fingerprint density at radius 3 is 3.20 bits per heavy atom. The van der Waals surface area contributed by atoms with Crippen LogP contribution in [0.15, 0.2) is 27.5 Å². The van der Waals surface area contributed by atoms with E-state index in [1.807, 2.05) is 0 Å². The van der Waals surface area contributed by atoms with Gasteiger partial charge >= 0.3 is 5.69 Å². The van der Waals surface area contributed by atoms with E-state index in [9.17, 15) is 4.79 Å². The number of furan rings is 1. The highest BCUT2D eigenvalue weighted by molar-refractivity contribution is 6.34. The second-order valence-corrected chi connectivity index (χ2v) is 3.37. The van der Waals surface area contributed by atoms with E-state index in [1.54, 1.807) is 18.3 Å². The van der Waals surface area contributed by atoms with E-state index in [2.05, 4.69) is 15.0 Å². The first-order valence-corrected chi connectivity index (χ1v) is 4.56. The lowest BCUT2D eigenvalue weighted by atomic mass is 10.3. The van der Waals surface area contributed by atoms with Crippen LogP contribution in [0.25, 0.3) is 22.2 Å².